The first-order valence-corrected chi connectivity index (χ1v) is 7.67. The van der Waals surface area contributed by atoms with Crippen molar-refractivity contribution >= 4 is 9.84 Å². The summed E-state index contributed by atoms with van der Waals surface area (Å²) in [6.07, 6.45) is 3.03. The van der Waals surface area contributed by atoms with E-state index in [0.29, 0.717) is 19.0 Å². The van der Waals surface area contributed by atoms with Crippen molar-refractivity contribution in [3.63, 3.8) is 0 Å². The molecule has 8 heteroatoms. The van der Waals surface area contributed by atoms with Gasteiger partial charge in [0.05, 0.1) is 24.1 Å². The van der Waals surface area contributed by atoms with Gasteiger partial charge in [-0.15, -0.1) is 5.10 Å². The van der Waals surface area contributed by atoms with Crippen molar-refractivity contribution in [2.45, 2.75) is 37.9 Å². The van der Waals surface area contributed by atoms with Crippen LogP contribution in [0.15, 0.2) is 0 Å². The molecule has 0 spiro atoms. The smallest absolute Gasteiger partial charge is 0.165 e. The van der Waals surface area contributed by atoms with E-state index in [9.17, 15) is 8.42 Å². The van der Waals surface area contributed by atoms with Crippen molar-refractivity contribution in [1.82, 2.24) is 25.5 Å². The molecule has 2 fully saturated rings. The van der Waals surface area contributed by atoms with Gasteiger partial charge in [0.2, 0.25) is 0 Å². The minimum Gasteiger partial charge on any atom is -0.307 e. The summed E-state index contributed by atoms with van der Waals surface area (Å²) in [4.78, 5) is 0. The molecule has 7 nitrogen and oxygen atoms in total. The molecule has 2 aliphatic rings. The molecule has 17 heavy (non-hydrogen) atoms. The second-order valence-electron chi connectivity index (χ2n) is 4.75. The molecule has 1 aromatic rings. The minimum absolute atomic E-state index is 0.0917. The lowest BCUT2D eigenvalue weighted by Crippen LogP contribution is -2.22. The fourth-order valence-electron chi connectivity index (χ4n) is 2.10. The molecule has 1 unspecified atom stereocenters. The number of sulfone groups is 1. The Kier molecular flexibility index (Phi) is 2.62. The van der Waals surface area contributed by atoms with E-state index in [1.54, 1.807) is 4.68 Å². The summed E-state index contributed by atoms with van der Waals surface area (Å²) in [5.41, 5.74) is 0. The first kappa shape index (κ1) is 11.1. The molecule has 0 aromatic carbocycles. The number of rotatable bonds is 4. The first-order chi connectivity index (χ1) is 8.14. The maximum Gasteiger partial charge on any atom is 0.165 e. The average Bonchev–Trinajstić information content (AvgIpc) is 2.87. The van der Waals surface area contributed by atoms with E-state index in [1.807, 2.05) is 0 Å². The highest BCUT2D eigenvalue weighted by molar-refractivity contribution is 7.91. The third kappa shape index (κ3) is 2.47. The van der Waals surface area contributed by atoms with Crippen molar-refractivity contribution in [1.29, 1.82) is 0 Å². The van der Waals surface area contributed by atoms with Crippen LogP contribution in [0, 0.1) is 0 Å². The molecule has 1 saturated heterocycles. The van der Waals surface area contributed by atoms with Crippen LogP contribution in [-0.4, -0.2) is 46.2 Å². The molecule has 0 amide bonds. The van der Waals surface area contributed by atoms with Crippen LogP contribution in [0.25, 0.3) is 0 Å². The van der Waals surface area contributed by atoms with Crippen LogP contribution in [0.1, 0.15) is 31.1 Å². The summed E-state index contributed by atoms with van der Waals surface area (Å²) in [7, 11) is -2.89. The predicted octanol–water partition coefficient (Wildman–Crippen LogP) is -0.715. The Morgan fingerprint density at radius 3 is 2.82 bits per heavy atom. The first-order valence-electron chi connectivity index (χ1n) is 5.84. The van der Waals surface area contributed by atoms with Gasteiger partial charge in [-0.1, -0.05) is 0 Å². The number of tetrazole rings is 1. The monoisotopic (exact) mass is 257 g/mol. The highest BCUT2D eigenvalue weighted by atomic mass is 32.2. The molecule has 0 radical (unpaired) electrons. The van der Waals surface area contributed by atoms with Crippen molar-refractivity contribution in [2.75, 3.05) is 11.5 Å². The van der Waals surface area contributed by atoms with Gasteiger partial charge in [0.25, 0.3) is 0 Å². The molecule has 1 atom stereocenters. The standard InChI is InChI=1S/C9H15N5O2S/c15-17(16)4-3-8(6-17)14-9(11-12-13-14)5-10-7-1-2-7/h7-8,10H,1-6H2. The third-order valence-electron chi connectivity index (χ3n) is 3.24. The summed E-state index contributed by atoms with van der Waals surface area (Å²) in [5, 5.41) is 14.8. The van der Waals surface area contributed by atoms with E-state index in [-0.39, 0.29) is 17.5 Å². The lowest BCUT2D eigenvalue weighted by atomic mass is 10.3. The van der Waals surface area contributed by atoms with Gasteiger partial charge < -0.3 is 5.32 Å². The van der Waals surface area contributed by atoms with Crippen molar-refractivity contribution in [3.8, 4) is 0 Å². The van der Waals surface area contributed by atoms with Crippen LogP contribution in [0.4, 0.5) is 0 Å². The Hall–Kier alpha value is -1.02. The molecule has 94 valence electrons. The normalized spacial score (nSPS) is 27.4. The highest BCUT2D eigenvalue weighted by Gasteiger charge is 2.31. The summed E-state index contributed by atoms with van der Waals surface area (Å²) < 4.78 is 24.5. The Bertz CT molecular complexity index is 507. The molecule has 3 rings (SSSR count). The van der Waals surface area contributed by atoms with Gasteiger partial charge in [-0.05, 0) is 29.7 Å². The van der Waals surface area contributed by atoms with Gasteiger partial charge in [-0.3, -0.25) is 0 Å². The number of hydrogen-bond donors (Lipinski definition) is 1. The lowest BCUT2D eigenvalue weighted by molar-refractivity contribution is 0.457. The number of nitrogens with one attached hydrogen (secondary N) is 1. The van der Waals surface area contributed by atoms with Gasteiger partial charge in [-0.2, -0.15) is 0 Å². The Labute approximate surface area is 99.5 Å². The molecule has 1 saturated carbocycles. The fourth-order valence-corrected chi connectivity index (χ4v) is 3.80. The summed E-state index contributed by atoms with van der Waals surface area (Å²) in [6.45, 7) is 0.619. The van der Waals surface area contributed by atoms with Gasteiger partial charge >= 0.3 is 0 Å². The highest BCUT2D eigenvalue weighted by Crippen LogP contribution is 2.24. The summed E-state index contributed by atoms with van der Waals surface area (Å²) in [6, 6.07) is 0.499. The Balaban J connectivity index is 1.71. The van der Waals surface area contributed by atoms with Gasteiger partial charge in [-0.25, -0.2) is 13.1 Å². The van der Waals surface area contributed by atoms with Crippen molar-refractivity contribution in [3.05, 3.63) is 5.82 Å². The fraction of sp³-hybridized carbons (Fsp3) is 0.889. The third-order valence-corrected chi connectivity index (χ3v) is 4.99. The van der Waals surface area contributed by atoms with Crippen LogP contribution in [0.3, 0.4) is 0 Å². The number of nitrogens with zero attached hydrogens (tertiary/aromatic N) is 4. The largest absolute Gasteiger partial charge is 0.307 e. The molecule has 1 aliphatic heterocycles. The number of hydrogen-bond acceptors (Lipinski definition) is 6. The van der Waals surface area contributed by atoms with Gasteiger partial charge in [0.15, 0.2) is 15.7 Å². The van der Waals surface area contributed by atoms with E-state index < -0.39 is 9.84 Å². The molecule has 1 N–H and O–H groups in total. The Morgan fingerprint density at radius 2 is 2.18 bits per heavy atom. The molecule has 1 aromatic heterocycles. The zero-order valence-electron chi connectivity index (χ0n) is 9.41. The maximum atomic E-state index is 11.4. The predicted molar refractivity (Wildman–Crippen MR) is 60.0 cm³/mol. The van der Waals surface area contributed by atoms with E-state index in [1.165, 1.54) is 12.8 Å². The van der Waals surface area contributed by atoms with Crippen molar-refractivity contribution in [2.24, 2.45) is 0 Å². The second-order valence-corrected chi connectivity index (χ2v) is 6.98. The molecule has 2 heterocycles. The summed E-state index contributed by atoms with van der Waals surface area (Å²) in [5.74, 6) is 1.14. The van der Waals surface area contributed by atoms with Gasteiger partial charge in [0.1, 0.15) is 0 Å². The van der Waals surface area contributed by atoms with Gasteiger partial charge in [0, 0.05) is 6.04 Å². The zero-order chi connectivity index (χ0) is 11.9. The van der Waals surface area contributed by atoms with Crippen LogP contribution < -0.4 is 5.32 Å². The topological polar surface area (TPSA) is 89.8 Å². The second kappa shape index (κ2) is 4.02. The van der Waals surface area contributed by atoms with Crippen LogP contribution in [0.5, 0.6) is 0 Å². The van der Waals surface area contributed by atoms with E-state index in [4.69, 9.17) is 0 Å². The lowest BCUT2D eigenvalue weighted by Gasteiger charge is -2.10. The average molecular weight is 257 g/mol. The molecular formula is C9H15N5O2S. The zero-order valence-corrected chi connectivity index (χ0v) is 10.2. The van der Waals surface area contributed by atoms with Crippen LogP contribution in [0.2, 0.25) is 0 Å². The Morgan fingerprint density at radius 1 is 1.35 bits per heavy atom. The summed E-state index contributed by atoms with van der Waals surface area (Å²) >= 11 is 0. The van der Waals surface area contributed by atoms with E-state index in [2.05, 4.69) is 20.8 Å². The van der Waals surface area contributed by atoms with Crippen LogP contribution >= 0.6 is 0 Å². The molecule has 1 aliphatic carbocycles. The SMILES string of the molecule is O=S1(=O)CCC(n2nnnc2CNC2CC2)C1. The molecular weight excluding hydrogens is 242 g/mol. The maximum absolute atomic E-state index is 11.4. The minimum atomic E-state index is -2.89. The number of aromatic nitrogens is 4. The van der Waals surface area contributed by atoms with Crippen LogP contribution in [-0.2, 0) is 16.4 Å². The van der Waals surface area contributed by atoms with E-state index in [0.717, 1.165) is 5.82 Å². The molecule has 0 bridgehead atoms. The quantitative estimate of drug-likeness (QED) is 0.766. The van der Waals surface area contributed by atoms with E-state index >= 15 is 0 Å². The van der Waals surface area contributed by atoms with Crippen molar-refractivity contribution < 1.29 is 8.42 Å².